The summed E-state index contributed by atoms with van der Waals surface area (Å²) in [5, 5.41) is 10.5. The highest BCUT2D eigenvalue weighted by molar-refractivity contribution is 6.03. The normalized spacial score (nSPS) is 11.2. The van der Waals surface area contributed by atoms with Crippen LogP contribution in [0.25, 0.3) is 5.69 Å². The standard InChI is InChI=1S/C17H13F3N4O2/c18-17(19,20)11-26-15-9-5-4-8-13(15)22-16(25)14-10-21-24(23-14)12-6-2-1-3-7-12/h1-10H,11H2,(H,22,25). The zero-order chi connectivity index (χ0) is 18.6. The topological polar surface area (TPSA) is 69.0 Å². The van der Waals surface area contributed by atoms with Crippen LogP contribution in [0.5, 0.6) is 5.75 Å². The Morgan fingerprint density at radius 3 is 2.50 bits per heavy atom. The van der Waals surface area contributed by atoms with Crippen molar-refractivity contribution >= 4 is 11.6 Å². The van der Waals surface area contributed by atoms with E-state index in [1.54, 1.807) is 30.3 Å². The first-order valence-electron chi connectivity index (χ1n) is 7.50. The highest BCUT2D eigenvalue weighted by atomic mass is 19.4. The number of hydrogen-bond acceptors (Lipinski definition) is 4. The van der Waals surface area contributed by atoms with Crippen molar-refractivity contribution in [2.75, 3.05) is 11.9 Å². The zero-order valence-electron chi connectivity index (χ0n) is 13.3. The monoisotopic (exact) mass is 362 g/mol. The number of hydrogen-bond donors (Lipinski definition) is 1. The van der Waals surface area contributed by atoms with Crippen LogP contribution in [-0.4, -0.2) is 33.7 Å². The second-order valence-corrected chi connectivity index (χ2v) is 5.21. The van der Waals surface area contributed by atoms with Gasteiger partial charge in [0.05, 0.1) is 17.6 Å². The van der Waals surface area contributed by atoms with E-state index in [4.69, 9.17) is 4.74 Å². The molecule has 0 atom stereocenters. The van der Waals surface area contributed by atoms with Gasteiger partial charge in [-0.05, 0) is 24.3 Å². The summed E-state index contributed by atoms with van der Waals surface area (Å²) in [5.41, 5.74) is 0.788. The molecule has 1 heterocycles. The highest BCUT2D eigenvalue weighted by Crippen LogP contribution is 2.26. The molecular formula is C17H13F3N4O2. The number of nitrogens with zero attached hydrogens (tertiary/aromatic N) is 3. The minimum Gasteiger partial charge on any atom is -0.482 e. The van der Waals surface area contributed by atoms with Gasteiger partial charge in [-0.25, -0.2) is 0 Å². The van der Waals surface area contributed by atoms with E-state index in [2.05, 4.69) is 15.5 Å². The Morgan fingerprint density at radius 2 is 1.77 bits per heavy atom. The molecule has 3 rings (SSSR count). The van der Waals surface area contributed by atoms with E-state index in [1.165, 1.54) is 29.2 Å². The van der Waals surface area contributed by atoms with E-state index in [0.717, 1.165) is 0 Å². The van der Waals surface area contributed by atoms with Crippen molar-refractivity contribution in [2.24, 2.45) is 0 Å². The Morgan fingerprint density at radius 1 is 1.08 bits per heavy atom. The smallest absolute Gasteiger partial charge is 0.422 e. The second-order valence-electron chi connectivity index (χ2n) is 5.21. The lowest BCUT2D eigenvalue weighted by Gasteiger charge is -2.13. The van der Waals surface area contributed by atoms with Crippen molar-refractivity contribution < 1.29 is 22.7 Å². The number of para-hydroxylation sites is 3. The van der Waals surface area contributed by atoms with E-state index in [-0.39, 0.29) is 17.1 Å². The third-order valence-electron chi connectivity index (χ3n) is 3.24. The lowest BCUT2D eigenvalue weighted by molar-refractivity contribution is -0.153. The van der Waals surface area contributed by atoms with Crippen molar-refractivity contribution in [3.63, 3.8) is 0 Å². The molecular weight excluding hydrogens is 349 g/mol. The van der Waals surface area contributed by atoms with Crippen molar-refractivity contribution in [3.05, 3.63) is 66.5 Å². The third-order valence-corrected chi connectivity index (χ3v) is 3.24. The van der Waals surface area contributed by atoms with Gasteiger partial charge in [0.2, 0.25) is 0 Å². The van der Waals surface area contributed by atoms with Crippen LogP contribution in [0, 0.1) is 0 Å². The second kappa shape index (κ2) is 7.26. The molecule has 0 aliphatic heterocycles. The summed E-state index contributed by atoms with van der Waals surface area (Å²) in [4.78, 5) is 13.6. The summed E-state index contributed by atoms with van der Waals surface area (Å²) < 4.78 is 41.7. The van der Waals surface area contributed by atoms with Crippen LogP contribution in [0.3, 0.4) is 0 Å². The van der Waals surface area contributed by atoms with Crippen LogP contribution in [0.2, 0.25) is 0 Å². The average Bonchev–Trinajstić information content (AvgIpc) is 3.11. The highest BCUT2D eigenvalue weighted by Gasteiger charge is 2.29. The van der Waals surface area contributed by atoms with Gasteiger partial charge in [-0.2, -0.15) is 23.1 Å². The van der Waals surface area contributed by atoms with Gasteiger partial charge in [-0.1, -0.05) is 30.3 Å². The van der Waals surface area contributed by atoms with Crippen LogP contribution in [-0.2, 0) is 0 Å². The average molecular weight is 362 g/mol. The first kappa shape index (κ1) is 17.5. The molecule has 0 aliphatic carbocycles. The molecule has 26 heavy (non-hydrogen) atoms. The maximum Gasteiger partial charge on any atom is 0.422 e. The molecule has 1 amide bonds. The molecule has 3 aromatic rings. The molecule has 0 unspecified atom stereocenters. The van der Waals surface area contributed by atoms with Crippen LogP contribution in [0.4, 0.5) is 18.9 Å². The van der Waals surface area contributed by atoms with Gasteiger partial charge in [0.1, 0.15) is 5.75 Å². The number of amides is 1. The number of anilines is 1. The van der Waals surface area contributed by atoms with Gasteiger partial charge in [0.25, 0.3) is 5.91 Å². The molecule has 0 spiro atoms. The Labute approximate surface area is 146 Å². The van der Waals surface area contributed by atoms with Gasteiger partial charge in [-0.3, -0.25) is 4.79 Å². The number of carbonyl (C=O) groups is 1. The summed E-state index contributed by atoms with van der Waals surface area (Å²) in [6, 6.07) is 14.8. The molecule has 6 nitrogen and oxygen atoms in total. The Kier molecular flexibility index (Phi) is 4.87. The molecule has 0 aliphatic rings. The number of alkyl halides is 3. The predicted octanol–water partition coefficient (Wildman–Crippen LogP) is 3.46. The maximum absolute atomic E-state index is 12.3. The lowest BCUT2D eigenvalue weighted by Crippen LogP contribution is -2.20. The SMILES string of the molecule is O=C(Nc1ccccc1OCC(F)(F)F)c1cnn(-c2ccccc2)n1. The minimum atomic E-state index is -4.48. The van der Waals surface area contributed by atoms with Crippen molar-refractivity contribution in [1.29, 1.82) is 0 Å². The number of benzene rings is 2. The van der Waals surface area contributed by atoms with Gasteiger partial charge >= 0.3 is 6.18 Å². The first-order valence-corrected chi connectivity index (χ1v) is 7.50. The number of aromatic nitrogens is 3. The fourth-order valence-electron chi connectivity index (χ4n) is 2.09. The molecule has 0 saturated heterocycles. The van der Waals surface area contributed by atoms with E-state index in [1.807, 2.05) is 6.07 Å². The van der Waals surface area contributed by atoms with E-state index in [9.17, 15) is 18.0 Å². The quantitative estimate of drug-likeness (QED) is 0.755. The van der Waals surface area contributed by atoms with Crippen molar-refractivity contribution in [1.82, 2.24) is 15.0 Å². The van der Waals surface area contributed by atoms with E-state index < -0.39 is 18.7 Å². The number of rotatable bonds is 5. The molecule has 2 aromatic carbocycles. The first-order chi connectivity index (χ1) is 12.4. The number of nitrogens with one attached hydrogen (secondary N) is 1. The van der Waals surface area contributed by atoms with Crippen LogP contribution in [0.1, 0.15) is 10.5 Å². The molecule has 0 bridgehead atoms. The molecule has 1 aromatic heterocycles. The van der Waals surface area contributed by atoms with Gasteiger partial charge in [0.15, 0.2) is 12.3 Å². The lowest BCUT2D eigenvalue weighted by atomic mass is 10.3. The van der Waals surface area contributed by atoms with Crippen LogP contribution >= 0.6 is 0 Å². The fourth-order valence-corrected chi connectivity index (χ4v) is 2.09. The number of halogens is 3. The van der Waals surface area contributed by atoms with E-state index in [0.29, 0.717) is 5.69 Å². The summed E-state index contributed by atoms with van der Waals surface area (Å²) in [6.07, 6.45) is -3.21. The van der Waals surface area contributed by atoms with Gasteiger partial charge in [-0.15, -0.1) is 5.10 Å². The van der Waals surface area contributed by atoms with E-state index >= 15 is 0 Å². The summed E-state index contributed by atoms with van der Waals surface area (Å²) in [5.74, 6) is -0.705. The maximum atomic E-state index is 12.3. The van der Waals surface area contributed by atoms with Gasteiger partial charge in [0, 0.05) is 0 Å². The number of ether oxygens (including phenoxy) is 1. The summed E-state index contributed by atoms with van der Waals surface area (Å²) in [7, 11) is 0. The minimum absolute atomic E-state index is 0.0134. The van der Waals surface area contributed by atoms with Crippen molar-refractivity contribution in [3.8, 4) is 11.4 Å². The molecule has 0 fully saturated rings. The summed E-state index contributed by atoms with van der Waals surface area (Å²) >= 11 is 0. The third kappa shape index (κ3) is 4.38. The molecule has 1 N–H and O–H groups in total. The van der Waals surface area contributed by atoms with Crippen LogP contribution in [0.15, 0.2) is 60.8 Å². The zero-order valence-corrected chi connectivity index (χ0v) is 13.3. The fraction of sp³-hybridized carbons (Fsp3) is 0.118. The molecule has 0 radical (unpaired) electrons. The number of carbonyl (C=O) groups excluding carboxylic acids is 1. The molecule has 0 saturated carbocycles. The largest absolute Gasteiger partial charge is 0.482 e. The predicted molar refractivity (Wildman–Crippen MR) is 87.3 cm³/mol. The van der Waals surface area contributed by atoms with Crippen LogP contribution < -0.4 is 10.1 Å². The van der Waals surface area contributed by atoms with Gasteiger partial charge < -0.3 is 10.1 Å². The van der Waals surface area contributed by atoms with Crippen molar-refractivity contribution in [2.45, 2.75) is 6.18 Å². The Balaban J connectivity index is 1.74. The molecule has 134 valence electrons. The Bertz CT molecular complexity index is 894. The Hall–Kier alpha value is -3.36. The molecule has 9 heteroatoms. The summed E-state index contributed by atoms with van der Waals surface area (Å²) in [6.45, 7) is -1.45.